The molecular formula is C106H113N31O6. The first-order chi connectivity index (χ1) is 69.2. The Bertz CT molecular complexity index is 8590. The molecule has 0 saturated carbocycles. The molecule has 0 bridgehead atoms. The Balaban J connectivity index is 0.000000106. The van der Waals surface area contributed by atoms with Gasteiger partial charge in [-0.2, -0.15) is 10.2 Å². The Hall–Kier alpha value is -16.1. The van der Waals surface area contributed by atoms with Crippen LogP contribution in [-0.2, 0) is 7.05 Å². The molecule has 37 heteroatoms. The largest absolute Gasteiger partial charge is 0.441 e. The van der Waals surface area contributed by atoms with E-state index in [1.54, 1.807) is 67.6 Å². The Kier molecular flexibility index (Phi) is 25.5. The zero-order chi connectivity index (χ0) is 98.7. The van der Waals surface area contributed by atoms with E-state index in [-0.39, 0.29) is 27.8 Å². The number of nitrogens with one attached hydrogen (secondary N) is 6. The van der Waals surface area contributed by atoms with Gasteiger partial charge in [-0.25, -0.2) is 48.9 Å². The van der Waals surface area contributed by atoms with Crippen molar-refractivity contribution in [3.8, 4) is 56.5 Å². The van der Waals surface area contributed by atoms with Crippen LogP contribution in [0, 0.1) is 41.5 Å². The topological polar surface area (TPSA) is 381 Å². The fourth-order valence-corrected chi connectivity index (χ4v) is 20.0. The number of imidazole rings is 1. The van der Waals surface area contributed by atoms with Crippen LogP contribution in [0.15, 0.2) is 236 Å². The number of rotatable bonds is 10. The monoisotopic (exact) mass is 1920 g/mol. The standard InChI is InChI=1S/C22H25N7O.C22H24N6O.C21H23N7O.C21H22N6O.C20H19N5O2/c1-13-9-27(10-14(2)23-13)17-5-6-21-25-18(8-22(30)28(21)12-17)19-7-20-16(4)24-15(3)11-29(20)26-19;1-14-11-27(12-15(2)24-14)18-4-5-20-25-19(9-21(29)28(20)13-18)17-8-16-6-7-26(3)22(16)23-10-17;1-14-12-28-19(15(2)23-14)10-18(25-28)17-11-21(29)27-13-16(4-5-20(27)24-17)26-8-3-6-22-7-9-26;1-13-11-26(8-7-22-13)16-4-6-20-25-18(10-21(28)27(20)12-16)15-3-5-17-19(9-15)24-14(2)23-17;1-13-22-16-4-2-14(10-18(16)27-13)17-11-20(26)25-12-15(3-5-19(25)23-17)24-8-6-21-7-9-24/h5-8,11-14,23H,9-10H2,1-4H3;4-10,13-15,24H,11-12H2,1-3H3;4-5,10-13,22H,3,6-9H2,1-2H3;3-6,9-10,12-13,22H,7-8,11H2,1-2H3,(H,23,24);2-5,10-12,21H,6-9H2,1H3/t13-,14+;14-,15+;;13-;/m...0./s1. The molecule has 5 fully saturated rings. The van der Waals surface area contributed by atoms with Crippen molar-refractivity contribution < 1.29 is 4.42 Å². The molecular weight excluding hydrogens is 1800 g/mol. The predicted octanol–water partition coefficient (Wildman–Crippen LogP) is 11.0. The molecule has 0 unspecified atom stereocenters. The molecule has 2 aromatic carbocycles. The molecule has 6 N–H and O–H groups in total. The van der Waals surface area contributed by atoms with Gasteiger partial charge in [-0.05, 0) is 191 Å². The third-order valence-corrected chi connectivity index (χ3v) is 26.7. The molecule has 5 aliphatic heterocycles. The van der Waals surface area contributed by atoms with Crippen LogP contribution in [0.4, 0.5) is 28.4 Å². The summed E-state index contributed by atoms with van der Waals surface area (Å²) in [5.41, 5.74) is 24.5. The van der Waals surface area contributed by atoms with Crippen molar-refractivity contribution in [2.24, 2.45) is 7.05 Å². The van der Waals surface area contributed by atoms with E-state index in [1.807, 2.05) is 218 Å². The van der Waals surface area contributed by atoms with Crippen molar-refractivity contribution in [1.82, 2.24) is 127 Å². The fraction of sp³-hybridized carbons (Fsp3) is 0.311. The van der Waals surface area contributed by atoms with Crippen LogP contribution in [0.25, 0.3) is 129 Å². The first-order valence-corrected chi connectivity index (χ1v) is 48.7. The second kappa shape index (κ2) is 39.2. The van der Waals surface area contributed by atoms with Gasteiger partial charge in [0, 0.05) is 232 Å². The Morgan fingerprint density at radius 3 is 1.25 bits per heavy atom. The molecule has 0 radical (unpaired) electrons. The molecule has 5 aliphatic rings. The number of pyridine rings is 6. The highest BCUT2D eigenvalue weighted by Crippen LogP contribution is 2.32. The van der Waals surface area contributed by atoms with Crippen molar-refractivity contribution in [1.29, 1.82) is 0 Å². The minimum atomic E-state index is -0.115. The minimum Gasteiger partial charge on any atom is -0.441 e. The van der Waals surface area contributed by atoms with Crippen molar-refractivity contribution in [3.05, 3.63) is 294 Å². The van der Waals surface area contributed by atoms with Gasteiger partial charge in [0.1, 0.15) is 56.6 Å². The summed E-state index contributed by atoms with van der Waals surface area (Å²) >= 11 is 0. The van der Waals surface area contributed by atoms with E-state index in [2.05, 4.69) is 137 Å². The SMILES string of the molecule is C[C@@H]1CN(c2ccc3nc(-c4cnc5c(ccn5C)c4)cc(=O)n3c2)C[C@H](C)N1.Cc1cn2nc(-c3cc(=O)n4cc(N5CCCNCC5)ccc4n3)cc2c(C)n1.Cc1cn2nc(-c3cc(=O)n4cc(N5C[C@@H](C)N[C@@H](C)C5)ccc4n3)cc2c(C)n1.Cc1nc2ccc(-c3cc(=O)n4cc(N5CCNCC5)ccc4n3)cc2o1.Cc1nc2ccc(-c3cc(=O)n4cc(N5CCN[C@@H](C)C5)ccc4n3)cc2[nH]1. The summed E-state index contributed by atoms with van der Waals surface area (Å²) < 4.78 is 19.3. The lowest BCUT2D eigenvalue weighted by atomic mass is 10.1. The number of aromatic amines is 1. The van der Waals surface area contributed by atoms with Crippen LogP contribution < -0.4 is 78.9 Å². The Labute approximate surface area is 820 Å². The molecule has 23 heterocycles. The van der Waals surface area contributed by atoms with E-state index in [0.717, 1.165) is 217 Å². The Morgan fingerprint density at radius 2 is 0.769 bits per heavy atom. The van der Waals surface area contributed by atoms with Crippen molar-refractivity contribution in [2.45, 2.75) is 113 Å². The van der Waals surface area contributed by atoms with Crippen molar-refractivity contribution >= 4 is 101 Å². The van der Waals surface area contributed by atoms with Gasteiger partial charge in [0.2, 0.25) is 0 Å². The second-order valence-electron chi connectivity index (χ2n) is 38.0. The number of hydrogen-bond donors (Lipinski definition) is 6. The van der Waals surface area contributed by atoms with E-state index in [4.69, 9.17) is 24.4 Å². The highest BCUT2D eigenvalue weighted by atomic mass is 16.3. The summed E-state index contributed by atoms with van der Waals surface area (Å²) in [5, 5.41) is 27.5. The summed E-state index contributed by atoms with van der Waals surface area (Å²) in [7, 11) is 1.97. The molecule has 143 heavy (non-hydrogen) atoms. The van der Waals surface area contributed by atoms with Crippen LogP contribution in [0.3, 0.4) is 0 Å². The maximum Gasteiger partial charge on any atom is 0.258 e. The molecule has 18 aromatic heterocycles. The summed E-state index contributed by atoms with van der Waals surface area (Å²) in [6.07, 6.45) is 18.0. The molecule has 0 amide bonds. The number of oxazole rings is 1. The molecule has 37 nitrogen and oxygen atoms in total. The van der Waals surface area contributed by atoms with Gasteiger partial charge < -0.3 is 65.1 Å². The van der Waals surface area contributed by atoms with Crippen LogP contribution in [-0.4, -0.2) is 229 Å². The van der Waals surface area contributed by atoms with Gasteiger partial charge in [0.25, 0.3) is 27.8 Å². The number of aryl methyl sites for hydroxylation is 7. The summed E-state index contributed by atoms with van der Waals surface area (Å²) in [4.78, 5) is 125. The lowest BCUT2D eigenvalue weighted by Crippen LogP contribution is -2.54. The van der Waals surface area contributed by atoms with Gasteiger partial charge >= 0.3 is 0 Å². The predicted molar refractivity (Wildman–Crippen MR) is 560 cm³/mol. The number of aromatic nitrogens is 21. The van der Waals surface area contributed by atoms with Gasteiger partial charge in [0.15, 0.2) is 11.5 Å². The number of benzene rings is 2. The van der Waals surface area contributed by atoms with E-state index in [0.29, 0.717) is 110 Å². The van der Waals surface area contributed by atoms with Crippen LogP contribution in [0.1, 0.15) is 75.5 Å². The third kappa shape index (κ3) is 19.9. The van der Waals surface area contributed by atoms with Crippen LogP contribution in [0.5, 0.6) is 0 Å². The van der Waals surface area contributed by atoms with Crippen LogP contribution in [0.2, 0.25) is 0 Å². The zero-order valence-electron chi connectivity index (χ0n) is 82.0. The van der Waals surface area contributed by atoms with Gasteiger partial charge in [-0.3, -0.25) is 55.9 Å². The van der Waals surface area contributed by atoms with Crippen LogP contribution >= 0.6 is 0 Å². The lowest BCUT2D eigenvalue weighted by Gasteiger charge is -2.37. The van der Waals surface area contributed by atoms with E-state index in [1.165, 1.54) is 0 Å². The second-order valence-corrected chi connectivity index (χ2v) is 38.0. The summed E-state index contributed by atoms with van der Waals surface area (Å²) in [6.45, 7) is 36.5. The molecule has 0 spiro atoms. The van der Waals surface area contributed by atoms with E-state index < -0.39 is 0 Å². The molecule has 728 valence electrons. The minimum absolute atomic E-state index is 0.0779. The Morgan fingerprint density at radius 1 is 0.357 bits per heavy atom. The first kappa shape index (κ1) is 93.2. The average molecular weight is 1920 g/mol. The number of piperazine rings is 4. The molecule has 25 rings (SSSR count). The summed E-state index contributed by atoms with van der Waals surface area (Å²) in [6, 6.07) is 49.2. The van der Waals surface area contributed by atoms with Gasteiger partial charge in [0.05, 0.1) is 114 Å². The fourth-order valence-electron chi connectivity index (χ4n) is 20.0. The number of nitrogens with zero attached hydrogens (tertiary/aromatic N) is 25. The van der Waals surface area contributed by atoms with E-state index in [9.17, 15) is 24.0 Å². The van der Waals surface area contributed by atoms with Gasteiger partial charge in [-0.1, -0.05) is 12.1 Å². The molecule has 5 saturated heterocycles. The van der Waals surface area contributed by atoms with E-state index >= 15 is 0 Å². The normalized spacial score (nSPS) is 17.5. The molecule has 5 atom stereocenters. The maximum atomic E-state index is 12.9. The number of fused-ring (bicyclic) bond motifs is 10. The average Bonchev–Trinajstić information content (AvgIpc) is 1.65. The molecule has 0 aliphatic carbocycles. The zero-order valence-corrected chi connectivity index (χ0v) is 82.0. The first-order valence-electron chi connectivity index (χ1n) is 48.7. The highest BCUT2D eigenvalue weighted by molar-refractivity contribution is 5.84. The highest BCUT2D eigenvalue weighted by Gasteiger charge is 2.27. The number of anilines is 5. The third-order valence-electron chi connectivity index (χ3n) is 26.7. The van der Waals surface area contributed by atoms with Gasteiger partial charge in [-0.15, -0.1) is 0 Å². The lowest BCUT2D eigenvalue weighted by molar-refractivity contribution is 0.406. The quantitative estimate of drug-likeness (QED) is 0.0740. The van der Waals surface area contributed by atoms with Crippen molar-refractivity contribution in [3.63, 3.8) is 0 Å². The number of hydrogen-bond acceptors (Lipinski definition) is 28. The maximum absolute atomic E-state index is 12.9. The summed E-state index contributed by atoms with van der Waals surface area (Å²) in [5.74, 6) is 1.49. The molecule has 20 aromatic rings. The number of H-pyrrole nitrogens is 1. The van der Waals surface area contributed by atoms with Crippen molar-refractivity contribution in [2.75, 3.05) is 123 Å². The smallest absolute Gasteiger partial charge is 0.258 e.